The Labute approximate surface area is 141 Å². The van der Waals surface area contributed by atoms with Gasteiger partial charge in [-0.2, -0.15) is 0 Å². The van der Waals surface area contributed by atoms with Gasteiger partial charge in [0.2, 0.25) is 5.91 Å². The Bertz CT molecular complexity index is 729. The molecule has 5 nitrogen and oxygen atoms in total. The van der Waals surface area contributed by atoms with Crippen LogP contribution >= 0.6 is 0 Å². The van der Waals surface area contributed by atoms with Gasteiger partial charge in [0.05, 0.1) is 20.1 Å². The lowest BCUT2D eigenvalue weighted by Gasteiger charge is -2.25. The first kappa shape index (κ1) is 16.2. The van der Waals surface area contributed by atoms with E-state index in [9.17, 15) is 4.79 Å². The van der Waals surface area contributed by atoms with Gasteiger partial charge in [0.1, 0.15) is 23.9 Å². The Morgan fingerprint density at radius 1 is 1.17 bits per heavy atom. The summed E-state index contributed by atoms with van der Waals surface area (Å²) in [7, 11) is 3.26. The summed E-state index contributed by atoms with van der Waals surface area (Å²) in [6, 6.07) is 13.3. The molecule has 1 heterocycles. The van der Waals surface area contributed by atoms with E-state index in [1.165, 1.54) is 0 Å². The van der Waals surface area contributed by atoms with E-state index in [0.29, 0.717) is 19.6 Å². The van der Waals surface area contributed by atoms with Gasteiger partial charge in [0, 0.05) is 6.54 Å². The van der Waals surface area contributed by atoms with Crippen LogP contribution in [0.5, 0.6) is 17.2 Å². The normalized spacial score (nSPS) is 15.8. The fourth-order valence-corrected chi connectivity index (χ4v) is 2.78. The highest BCUT2D eigenvalue weighted by Gasteiger charge is 2.26. The van der Waals surface area contributed by atoms with E-state index in [1.54, 1.807) is 14.2 Å². The summed E-state index contributed by atoms with van der Waals surface area (Å²) in [6.45, 7) is 0.862. The summed E-state index contributed by atoms with van der Waals surface area (Å²) in [5.74, 6) is 2.17. The Morgan fingerprint density at radius 3 is 2.75 bits per heavy atom. The lowest BCUT2D eigenvalue weighted by Crippen LogP contribution is -2.37. The molecule has 0 spiro atoms. The standard InChI is InChI=1S/C19H21NO4/c1-22-16-5-3-4-13(8-16)11-20-19(21)15-9-14-10-17(23-2)6-7-18(14)24-12-15/h3-8,10,15H,9,11-12H2,1-2H3,(H,20,21)/t15-/m1/s1. The Balaban J connectivity index is 1.61. The molecule has 1 atom stereocenters. The number of ether oxygens (including phenoxy) is 3. The first-order valence-electron chi connectivity index (χ1n) is 7.90. The third-order valence-electron chi connectivity index (χ3n) is 4.15. The number of methoxy groups -OCH3 is 2. The van der Waals surface area contributed by atoms with Crippen molar-refractivity contribution in [1.82, 2.24) is 5.32 Å². The molecular weight excluding hydrogens is 306 g/mol. The molecule has 5 heteroatoms. The number of rotatable bonds is 5. The van der Waals surface area contributed by atoms with E-state index in [4.69, 9.17) is 14.2 Å². The second-order valence-electron chi connectivity index (χ2n) is 5.76. The molecule has 3 rings (SSSR count). The SMILES string of the molecule is COc1cccc(CNC(=O)[C@H]2COc3ccc(OC)cc3C2)c1. The van der Waals surface area contributed by atoms with Crippen molar-refractivity contribution in [2.24, 2.45) is 5.92 Å². The minimum atomic E-state index is -0.199. The molecule has 1 aliphatic heterocycles. The second-order valence-corrected chi connectivity index (χ2v) is 5.76. The number of fused-ring (bicyclic) bond motifs is 1. The summed E-state index contributed by atoms with van der Waals surface area (Å²) in [5, 5.41) is 2.97. The zero-order valence-electron chi connectivity index (χ0n) is 13.9. The zero-order chi connectivity index (χ0) is 16.9. The molecular formula is C19H21NO4. The maximum Gasteiger partial charge on any atom is 0.227 e. The summed E-state index contributed by atoms with van der Waals surface area (Å²) in [5.41, 5.74) is 2.00. The summed E-state index contributed by atoms with van der Waals surface area (Å²) in [6.07, 6.45) is 0.649. The molecule has 0 saturated heterocycles. The lowest BCUT2D eigenvalue weighted by atomic mass is 9.95. The molecule has 1 aliphatic rings. The monoisotopic (exact) mass is 327 g/mol. The van der Waals surface area contributed by atoms with Crippen LogP contribution in [0.3, 0.4) is 0 Å². The largest absolute Gasteiger partial charge is 0.497 e. The first-order chi connectivity index (χ1) is 11.7. The number of benzene rings is 2. The highest BCUT2D eigenvalue weighted by molar-refractivity contribution is 5.79. The molecule has 1 amide bonds. The molecule has 0 radical (unpaired) electrons. The number of hydrogen-bond acceptors (Lipinski definition) is 4. The number of nitrogens with one attached hydrogen (secondary N) is 1. The molecule has 0 aliphatic carbocycles. The highest BCUT2D eigenvalue weighted by Crippen LogP contribution is 2.30. The Hall–Kier alpha value is -2.69. The Kier molecular flexibility index (Phi) is 4.89. The zero-order valence-corrected chi connectivity index (χ0v) is 13.9. The molecule has 2 aromatic carbocycles. The average Bonchev–Trinajstić information content (AvgIpc) is 2.65. The van der Waals surface area contributed by atoms with Crippen molar-refractivity contribution in [2.45, 2.75) is 13.0 Å². The molecule has 0 aromatic heterocycles. The van der Waals surface area contributed by atoms with Gasteiger partial charge in [-0.25, -0.2) is 0 Å². The molecule has 0 bridgehead atoms. The van der Waals surface area contributed by atoms with Gasteiger partial charge in [-0.3, -0.25) is 4.79 Å². The van der Waals surface area contributed by atoms with Crippen molar-refractivity contribution < 1.29 is 19.0 Å². The fourth-order valence-electron chi connectivity index (χ4n) is 2.78. The second kappa shape index (κ2) is 7.25. The molecule has 24 heavy (non-hydrogen) atoms. The van der Waals surface area contributed by atoms with Gasteiger partial charge in [-0.05, 0) is 47.9 Å². The van der Waals surface area contributed by atoms with E-state index in [-0.39, 0.29) is 11.8 Å². The third-order valence-corrected chi connectivity index (χ3v) is 4.15. The van der Waals surface area contributed by atoms with E-state index in [0.717, 1.165) is 28.4 Å². The molecule has 0 unspecified atom stereocenters. The van der Waals surface area contributed by atoms with Crippen molar-refractivity contribution in [3.63, 3.8) is 0 Å². The van der Waals surface area contributed by atoms with Crippen molar-refractivity contribution in [3.05, 3.63) is 53.6 Å². The number of hydrogen-bond donors (Lipinski definition) is 1. The summed E-state index contributed by atoms with van der Waals surface area (Å²) >= 11 is 0. The number of carbonyl (C=O) groups is 1. The van der Waals surface area contributed by atoms with Crippen molar-refractivity contribution in [1.29, 1.82) is 0 Å². The van der Waals surface area contributed by atoms with Crippen LogP contribution < -0.4 is 19.5 Å². The number of carbonyl (C=O) groups excluding carboxylic acids is 1. The van der Waals surface area contributed by atoms with Crippen LogP contribution in [0.25, 0.3) is 0 Å². The van der Waals surface area contributed by atoms with Crippen LogP contribution in [0.15, 0.2) is 42.5 Å². The van der Waals surface area contributed by atoms with Gasteiger partial charge in [0.25, 0.3) is 0 Å². The van der Waals surface area contributed by atoms with Crippen LogP contribution in [0.1, 0.15) is 11.1 Å². The quantitative estimate of drug-likeness (QED) is 0.917. The van der Waals surface area contributed by atoms with Crippen molar-refractivity contribution in [2.75, 3.05) is 20.8 Å². The summed E-state index contributed by atoms with van der Waals surface area (Å²) in [4.78, 5) is 12.4. The predicted molar refractivity (Wildman–Crippen MR) is 90.5 cm³/mol. The maximum atomic E-state index is 12.4. The van der Waals surface area contributed by atoms with Crippen LogP contribution in [0.4, 0.5) is 0 Å². The number of amides is 1. The van der Waals surface area contributed by atoms with E-state index < -0.39 is 0 Å². The lowest BCUT2D eigenvalue weighted by molar-refractivity contribution is -0.126. The fraction of sp³-hybridized carbons (Fsp3) is 0.316. The van der Waals surface area contributed by atoms with E-state index >= 15 is 0 Å². The van der Waals surface area contributed by atoms with Gasteiger partial charge in [0.15, 0.2) is 0 Å². The molecule has 0 saturated carbocycles. The van der Waals surface area contributed by atoms with Crippen LogP contribution in [0.2, 0.25) is 0 Å². The molecule has 126 valence electrons. The van der Waals surface area contributed by atoms with Gasteiger partial charge in [-0.15, -0.1) is 0 Å². The minimum absolute atomic E-state index is 0.00807. The Morgan fingerprint density at radius 2 is 1.96 bits per heavy atom. The topological polar surface area (TPSA) is 56.8 Å². The van der Waals surface area contributed by atoms with Crippen LogP contribution in [0, 0.1) is 5.92 Å². The van der Waals surface area contributed by atoms with Crippen LogP contribution in [-0.4, -0.2) is 26.7 Å². The molecule has 1 N–H and O–H groups in total. The third kappa shape index (κ3) is 3.62. The van der Waals surface area contributed by atoms with E-state index in [1.807, 2.05) is 42.5 Å². The van der Waals surface area contributed by atoms with Crippen molar-refractivity contribution in [3.8, 4) is 17.2 Å². The molecule has 2 aromatic rings. The minimum Gasteiger partial charge on any atom is -0.497 e. The first-order valence-corrected chi connectivity index (χ1v) is 7.90. The van der Waals surface area contributed by atoms with Gasteiger partial charge >= 0.3 is 0 Å². The average molecular weight is 327 g/mol. The van der Waals surface area contributed by atoms with Gasteiger partial charge in [-0.1, -0.05) is 12.1 Å². The maximum absolute atomic E-state index is 12.4. The predicted octanol–water partition coefficient (Wildman–Crippen LogP) is 2.57. The summed E-state index contributed by atoms with van der Waals surface area (Å²) < 4.78 is 16.1. The van der Waals surface area contributed by atoms with Crippen molar-refractivity contribution >= 4 is 5.91 Å². The highest BCUT2D eigenvalue weighted by atomic mass is 16.5. The van der Waals surface area contributed by atoms with Gasteiger partial charge < -0.3 is 19.5 Å². The van der Waals surface area contributed by atoms with Crippen LogP contribution in [-0.2, 0) is 17.8 Å². The smallest absolute Gasteiger partial charge is 0.227 e. The van der Waals surface area contributed by atoms with E-state index in [2.05, 4.69) is 5.32 Å². The molecule has 0 fully saturated rings.